The lowest BCUT2D eigenvalue weighted by molar-refractivity contribution is -0.137. The molecule has 1 aliphatic carbocycles. The van der Waals surface area contributed by atoms with Crippen molar-refractivity contribution in [1.29, 1.82) is 0 Å². The lowest BCUT2D eigenvalue weighted by atomic mass is 10.1. The summed E-state index contributed by atoms with van der Waals surface area (Å²) in [7, 11) is 0. The fourth-order valence-corrected chi connectivity index (χ4v) is 1.64. The molecule has 6 heteroatoms. The van der Waals surface area contributed by atoms with E-state index in [0.29, 0.717) is 19.0 Å². The molecule has 0 aliphatic heterocycles. The molecule has 0 saturated heterocycles. The summed E-state index contributed by atoms with van der Waals surface area (Å²) in [4.78, 5) is 11.3. The third kappa shape index (κ3) is 4.46. The van der Waals surface area contributed by atoms with Gasteiger partial charge >= 0.3 is 12.2 Å². The summed E-state index contributed by atoms with van der Waals surface area (Å²) in [5.74, 6) is 0. The predicted octanol–water partition coefficient (Wildman–Crippen LogP) is 2.71. The smallest absolute Gasteiger partial charge is 0.338 e. The standard InChI is InChI=1S/C13H15F3N2O/c14-13(15,16)10-3-1-9(2-4-10)7-8-17-12(19)18-11-5-6-11/h1-4,11H,5-8H2,(H2,17,18,19). The van der Waals surface area contributed by atoms with E-state index in [1.165, 1.54) is 12.1 Å². The average molecular weight is 272 g/mol. The zero-order valence-corrected chi connectivity index (χ0v) is 10.3. The van der Waals surface area contributed by atoms with E-state index in [-0.39, 0.29) is 6.03 Å². The zero-order valence-electron chi connectivity index (χ0n) is 10.3. The molecule has 3 nitrogen and oxygen atoms in total. The Kier molecular flexibility index (Phi) is 3.97. The number of halogens is 3. The van der Waals surface area contributed by atoms with Crippen LogP contribution in [0.25, 0.3) is 0 Å². The minimum atomic E-state index is -4.30. The van der Waals surface area contributed by atoms with Gasteiger partial charge in [0.2, 0.25) is 0 Å². The van der Waals surface area contributed by atoms with Crippen molar-refractivity contribution in [3.63, 3.8) is 0 Å². The third-order valence-corrected chi connectivity index (χ3v) is 2.89. The Bertz CT molecular complexity index is 438. The van der Waals surface area contributed by atoms with Gasteiger partial charge in [-0.1, -0.05) is 12.1 Å². The second-order valence-electron chi connectivity index (χ2n) is 4.62. The first kappa shape index (κ1) is 13.7. The van der Waals surface area contributed by atoms with E-state index in [2.05, 4.69) is 10.6 Å². The molecule has 19 heavy (non-hydrogen) atoms. The molecule has 0 atom stereocenters. The number of nitrogens with one attached hydrogen (secondary N) is 2. The van der Waals surface area contributed by atoms with E-state index in [1.807, 2.05) is 0 Å². The van der Waals surface area contributed by atoms with Crippen LogP contribution in [0.2, 0.25) is 0 Å². The van der Waals surface area contributed by atoms with Crippen molar-refractivity contribution < 1.29 is 18.0 Å². The lowest BCUT2D eigenvalue weighted by Gasteiger charge is -2.08. The first-order valence-electron chi connectivity index (χ1n) is 6.15. The number of hydrogen-bond donors (Lipinski definition) is 2. The highest BCUT2D eigenvalue weighted by Gasteiger charge is 2.29. The molecule has 1 aromatic rings. The second kappa shape index (κ2) is 5.50. The van der Waals surface area contributed by atoms with Gasteiger partial charge in [0.1, 0.15) is 0 Å². The second-order valence-corrected chi connectivity index (χ2v) is 4.62. The fraction of sp³-hybridized carbons (Fsp3) is 0.462. The van der Waals surface area contributed by atoms with Gasteiger partial charge in [-0.3, -0.25) is 0 Å². The Morgan fingerprint density at radius 1 is 1.21 bits per heavy atom. The summed E-state index contributed by atoms with van der Waals surface area (Å²) in [6.45, 7) is 0.407. The Balaban J connectivity index is 1.74. The molecule has 1 fully saturated rings. The maximum atomic E-state index is 12.3. The predicted molar refractivity (Wildman–Crippen MR) is 64.7 cm³/mol. The molecule has 2 amide bonds. The molecule has 0 radical (unpaired) electrons. The molecule has 2 rings (SSSR count). The molecule has 0 spiro atoms. The van der Waals surface area contributed by atoms with Crippen LogP contribution in [0, 0.1) is 0 Å². The van der Waals surface area contributed by atoms with E-state index >= 15 is 0 Å². The first-order valence-corrected chi connectivity index (χ1v) is 6.15. The highest BCUT2D eigenvalue weighted by atomic mass is 19.4. The molecule has 0 bridgehead atoms. The number of carbonyl (C=O) groups is 1. The molecule has 2 N–H and O–H groups in total. The monoisotopic (exact) mass is 272 g/mol. The molecule has 0 unspecified atom stereocenters. The third-order valence-electron chi connectivity index (χ3n) is 2.89. The molecular formula is C13H15F3N2O. The van der Waals surface area contributed by atoms with Crippen molar-refractivity contribution in [2.45, 2.75) is 31.5 Å². The minimum Gasteiger partial charge on any atom is -0.338 e. The Morgan fingerprint density at radius 2 is 1.84 bits per heavy atom. The number of rotatable bonds is 4. The minimum absolute atomic E-state index is 0.214. The van der Waals surface area contributed by atoms with Gasteiger partial charge in [0.25, 0.3) is 0 Å². The van der Waals surface area contributed by atoms with Crippen molar-refractivity contribution in [3.8, 4) is 0 Å². The van der Waals surface area contributed by atoms with Crippen LogP contribution in [0.3, 0.4) is 0 Å². The highest BCUT2D eigenvalue weighted by molar-refractivity contribution is 5.74. The quantitative estimate of drug-likeness (QED) is 0.869. The van der Waals surface area contributed by atoms with E-state index < -0.39 is 11.7 Å². The van der Waals surface area contributed by atoms with E-state index in [4.69, 9.17) is 0 Å². The molecule has 0 heterocycles. The highest BCUT2D eigenvalue weighted by Crippen LogP contribution is 2.29. The van der Waals surface area contributed by atoms with E-state index in [0.717, 1.165) is 30.5 Å². The van der Waals surface area contributed by atoms with Gasteiger partial charge in [-0.05, 0) is 37.0 Å². The van der Waals surface area contributed by atoms with Crippen molar-refractivity contribution in [1.82, 2.24) is 10.6 Å². The van der Waals surface area contributed by atoms with Crippen LogP contribution in [0.1, 0.15) is 24.0 Å². The Morgan fingerprint density at radius 3 is 2.37 bits per heavy atom. The lowest BCUT2D eigenvalue weighted by Crippen LogP contribution is -2.37. The number of amides is 2. The average Bonchev–Trinajstić information content (AvgIpc) is 3.12. The van der Waals surface area contributed by atoms with Crippen LogP contribution in [0.5, 0.6) is 0 Å². The van der Waals surface area contributed by atoms with Crippen LogP contribution in [-0.4, -0.2) is 18.6 Å². The van der Waals surface area contributed by atoms with E-state index in [9.17, 15) is 18.0 Å². The van der Waals surface area contributed by atoms with Gasteiger partial charge in [-0.15, -0.1) is 0 Å². The molecule has 0 aromatic heterocycles. The van der Waals surface area contributed by atoms with Gasteiger partial charge in [0.15, 0.2) is 0 Å². The van der Waals surface area contributed by atoms with Crippen molar-refractivity contribution in [2.75, 3.05) is 6.54 Å². The van der Waals surface area contributed by atoms with Gasteiger partial charge in [-0.2, -0.15) is 13.2 Å². The van der Waals surface area contributed by atoms with Crippen molar-refractivity contribution in [2.24, 2.45) is 0 Å². The molecule has 1 saturated carbocycles. The maximum Gasteiger partial charge on any atom is 0.416 e. The molecule has 104 valence electrons. The van der Waals surface area contributed by atoms with Gasteiger partial charge < -0.3 is 10.6 Å². The van der Waals surface area contributed by atoms with Gasteiger partial charge in [-0.25, -0.2) is 4.79 Å². The summed E-state index contributed by atoms with van der Waals surface area (Å²) in [5.41, 5.74) is 0.107. The van der Waals surface area contributed by atoms with Crippen LogP contribution in [-0.2, 0) is 12.6 Å². The summed E-state index contributed by atoms with van der Waals surface area (Å²) in [5, 5.41) is 5.45. The first-order chi connectivity index (χ1) is 8.95. The van der Waals surface area contributed by atoms with Gasteiger partial charge in [0.05, 0.1) is 5.56 Å². The largest absolute Gasteiger partial charge is 0.416 e. The number of alkyl halides is 3. The Labute approximate surface area is 109 Å². The maximum absolute atomic E-state index is 12.3. The number of benzene rings is 1. The normalized spacial score (nSPS) is 15.1. The summed E-state index contributed by atoms with van der Waals surface area (Å²) in [6, 6.07) is 5.06. The zero-order chi connectivity index (χ0) is 13.9. The Hall–Kier alpha value is -1.72. The summed E-state index contributed by atoms with van der Waals surface area (Å²) in [6.07, 6.45) is -1.75. The molecule has 1 aliphatic rings. The van der Waals surface area contributed by atoms with Crippen LogP contribution in [0.15, 0.2) is 24.3 Å². The number of urea groups is 1. The topological polar surface area (TPSA) is 41.1 Å². The van der Waals surface area contributed by atoms with Crippen LogP contribution in [0.4, 0.5) is 18.0 Å². The molecular weight excluding hydrogens is 257 g/mol. The van der Waals surface area contributed by atoms with Crippen LogP contribution >= 0.6 is 0 Å². The fourth-order valence-electron chi connectivity index (χ4n) is 1.64. The van der Waals surface area contributed by atoms with Crippen molar-refractivity contribution in [3.05, 3.63) is 35.4 Å². The van der Waals surface area contributed by atoms with E-state index in [1.54, 1.807) is 0 Å². The number of carbonyl (C=O) groups excluding carboxylic acids is 1. The summed E-state index contributed by atoms with van der Waals surface area (Å²) < 4.78 is 37.0. The van der Waals surface area contributed by atoms with Gasteiger partial charge in [0, 0.05) is 12.6 Å². The van der Waals surface area contributed by atoms with Crippen molar-refractivity contribution >= 4 is 6.03 Å². The van der Waals surface area contributed by atoms with Crippen LogP contribution < -0.4 is 10.6 Å². The number of hydrogen-bond acceptors (Lipinski definition) is 1. The summed E-state index contributed by atoms with van der Waals surface area (Å²) >= 11 is 0. The SMILES string of the molecule is O=C(NCCc1ccc(C(F)(F)F)cc1)NC1CC1. The molecule has 1 aromatic carbocycles.